The molecular weight excluding hydrogens is 911 g/mol. The quantitative estimate of drug-likeness (QED) is 0.0553. The third-order valence-corrected chi connectivity index (χ3v) is 15.2. The van der Waals surface area contributed by atoms with E-state index in [1.807, 2.05) is 27.7 Å². The maximum atomic E-state index is 14.6. The highest BCUT2D eigenvalue weighted by molar-refractivity contribution is 7.90. The van der Waals surface area contributed by atoms with Crippen LogP contribution < -0.4 is 15.4 Å². The zero-order chi connectivity index (χ0) is 51.4. The van der Waals surface area contributed by atoms with Gasteiger partial charge in [0.15, 0.2) is 0 Å². The second kappa shape index (κ2) is 25.2. The largest absolute Gasteiger partial charge is 0.444 e. The van der Waals surface area contributed by atoms with Crippen LogP contribution >= 0.6 is 0 Å². The van der Waals surface area contributed by atoms with Gasteiger partial charge in [-0.05, 0) is 88.1 Å². The van der Waals surface area contributed by atoms with Crippen molar-refractivity contribution in [1.29, 1.82) is 0 Å². The number of methoxy groups -OCH3 is 2. The van der Waals surface area contributed by atoms with E-state index in [0.29, 0.717) is 37.8 Å². The van der Waals surface area contributed by atoms with Gasteiger partial charge >= 0.3 is 6.09 Å². The zero-order valence-corrected chi connectivity index (χ0v) is 43.2. The van der Waals surface area contributed by atoms with Crippen LogP contribution in [0.5, 0.6) is 0 Å². The smallest absolute Gasteiger partial charge is 0.411 e. The van der Waals surface area contributed by atoms with Gasteiger partial charge in [0.05, 0.1) is 42.4 Å². The fourth-order valence-corrected chi connectivity index (χ4v) is 11.2. The number of nitrogens with one attached hydrogen (secondary N) is 3. The highest BCUT2D eigenvalue weighted by atomic mass is 32.2. The maximum absolute atomic E-state index is 14.6. The molecule has 3 fully saturated rings. The lowest BCUT2D eigenvalue weighted by Gasteiger charge is -2.41. The Kier molecular flexibility index (Phi) is 20.7. The molecule has 0 aromatic heterocycles. The summed E-state index contributed by atoms with van der Waals surface area (Å²) in [6, 6.07) is 4.55. The van der Waals surface area contributed by atoms with Crippen LogP contribution in [0.15, 0.2) is 35.4 Å². The normalized spacial score (nSPS) is 22.1. The molecule has 386 valence electrons. The molecule has 2 saturated heterocycles. The summed E-state index contributed by atoms with van der Waals surface area (Å²) in [6.07, 6.45) is 1.77. The first-order valence-corrected chi connectivity index (χ1v) is 26.0. The molecule has 3 aliphatic rings. The molecule has 1 aromatic rings. The van der Waals surface area contributed by atoms with E-state index < -0.39 is 93.5 Å². The van der Waals surface area contributed by atoms with Crippen molar-refractivity contribution in [3.63, 3.8) is 0 Å². The molecule has 0 radical (unpaired) electrons. The molecule has 0 unspecified atom stereocenters. The number of sulfonamides is 1. The van der Waals surface area contributed by atoms with E-state index in [9.17, 15) is 37.2 Å². The number of amides is 6. The van der Waals surface area contributed by atoms with Crippen LogP contribution in [0.25, 0.3) is 10.4 Å². The lowest BCUT2D eigenvalue weighted by molar-refractivity contribution is -0.148. The fourth-order valence-electron chi connectivity index (χ4n) is 10.2. The minimum atomic E-state index is -4.14. The molecule has 11 atom stereocenters. The predicted molar refractivity (Wildman–Crippen MR) is 259 cm³/mol. The Morgan fingerprint density at radius 3 is 2.25 bits per heavy atom. The SMILES string of the molecule is CC[C@H](C)[C@@H]([C@@H](CC(=O)N1CCC[C@H]1[C@H](OC)[C@@H](C)C(=O)N[C@@H](Cc1ccccc1)C(=O)NS(=O)(=O)CCCN=[N+]=[N-])OC)N(C)C(=O)[C@@H](NC(=O)[C@@H]1[C@H]2CC[C@H](C2)N1C(=O)OC(C)(C)C)C(C)C. The molecule has 4 rings (SSSR count). The number of carbonyl (C=O) groups is 6. The number of carbonyl (C=O) groups excluding carboxylic acids is 6. The van der Waals surface area contributed by atoms with Gasteiger partial charge in [-0.1, -0.05) is 76.5 Å². The monoisotopic (exact) mass is 988 g/mol. The van der Waals surface area contributed by atoms with E-state index in [4.69, 9.17) is 19.7 Å². The molecule has 3 N–H and O–H groups in total. The molecule has 69 heavy (non-hydrogen) atoms. The average molecular weight is 988 g/mol. The summed E-state index contributed by atoms with van der Waals surface area (Å²) in [6.45, 7) is 14.9. The van der Waals surface area contributed by atoms with Crippen molar-refractivity contribution >= 4 is 45.7 Å². The Bertz CT molecular complexity index is 2100. The number of likely N-dealkylation sites (tertiary alicyclic amines) is 2. The molecule has 2 heterocycles. The van der Waals surface area contributed by atoms with Gasteiger partial charge in [-0.3, -0.25) is 33.6 Å². The van der Waals surface area contributed by atoms with Crippen molar-refractivity contribution in [3.05, 3.63) is 46.3 Å². The standard InChI is InChI=1S/C48H77N9O11S/c1-12-30(4)40(55(9)46(62)39(29(2)3)52-45(61)41-33-21-22-34(27-33)57(41)47(63)68-48(6,7)8)37(66-10)28-38(58)56-24-16-20-36(56)42(67-11)31(5)43(59)51-35(26-32-18-14-13-15-19-32)44(60)53-69(64,65)25-17-23-50-54-49/h13-15,18-19,29-31,33-37,39-42H,12,16-17,20-28H2,1-11H3,(H,51,59)(H,52,61)(H,53,60)/t30-,31+,33-,34+,35-,36-,37+,39-,40-,41-,42+/m0/s1. The minimum Gasteiger partial charge on any atom is -0.444 e. The van der Waals surface area contributed by atoms with Crippen molar-refractivity contribution in [2.45, 2.75) is 167 Å². The van der Waals surface area contributed by atoms with Gasteiger partial charge in [-0.25, -0.2) is 13.2 Å². The summed E-state index contributed by atoms with van der Waals surface area (Å²) >= 11 is 0. The van der Waals surface area contributed by atoms with Crippen molar-refractivity contribution in [2.75, 3.05) is 40.1 Å². The summed E-state index contributed by atoms with van der Waals surface area (Å²) in [4.78, 5) is 91.7. The first-order valence-electron chi connectivity index (χ1n) is 24.3. The first-order chi connectivity index (χ1) is 32.5. The molecule has 21 heteroatoms. The number of piperidine rings is 1. The molecular formula is C48H77N9O11S. The van der Waals surface area contributed by atoms with Crippen LogP contribution in [-0.4, -0.2) is 153 Å². The molecule has 2 aliphatic heterocycles. The Morgan fingerprint density at radius 1 is 0.971 bits per heavy atom. The maximum Gasteiger partial charge on any atom is 0.411 e. The van der Waals surface area contributed by atoms with Crippen LogP contribution in [0.3, 0.4) is 0 Å². The number of hydrogen-bond acceptors (Lipinski definition) is 12. The zero-order valence-electron chi connectivity index (χ0n) is 42.4. The van der Waals surface area contributed by atoms with Crippen molar-refractivity contribution in [2.24, 2.45) is 28.8 Å². The van der Waals surface area contributed by atoms with Crippen LogP contribution in [0, 0.1) is 23.7 Å². The average Bonchev–Trinajstić information content (AvgIpc) is 4.06. The lowest BCUT2D eigenvalue weighted by atomic mass is 9.89. The number of rotatable bonds is 24. The van der Waals surface area contributed by atoms with Crippen LogP contribution in [0.2, 0.25) is 0 Å². The molecule has 6 amide bonds. The minimum absolute atomic E-state index is 0.0120. The van der Waals surface area contributed by atoms with E-state index in [0.717, 1.165) is 12.8 Å². The number of likely N-dealkylation sites (N-methyl/N-ethyl adjacent to an activating group) is 1. The van der Waals surface area contributed by atoms with Crippen LogP contribution in [0.4, 0.5) is 4.79 Å². The van der Waals surface area contributed by atoms with Crippen LogP contribution in [0.1, 0.15) is 112 Å². The van der Waals surface area contributed by atoms with E-state index >= 15 is 0 Å². The highest BCUT2D eigenvalue weighted by Crippen LogP contribution is 2.43. The highest BCUT2D eigenvalue weighted by Gasteiger charge is 2.53. The Hall–Kier alpha value is -4.98. The van der Waals surface area contributed by atoms with Gasteiger partial charge in [-0.2, -0.15) is 0 Å². The van der Waals surface area contributed by atoms with Gasteiger partial charge in [0, 0.05) is 51.7 Å². The third kappa shape index (κ3) is 15.0. The topological polar surface area (TPSA) is 259 Å². The predicted octanol–water partition coefficient (Wildman–Crippen LogP) is 4.71. The summed E-state index contributed by atoms with van der Waals surface area (Å²) < 4.78 is 45.4. The molecule has 1 aromatic carbocycles. The second-order valence-electron chi connectivity index (χ2n) is 20.2. The van der Waals surface area contributed by atoms with Crippen molar-refractivity contribution in [1.82, 2.24) is 30.1 Å². The number of hydrogen-bond donors (Lipinski definition) is 3. The van der Waals surface area contributed by atoms with Crippen molar-refractivity contribution < 1.29 is 51.4 Å². The van der Waals surface area contributed by atoms with Gasteiger partial charge in [0.2, 0.25) is 33.7 Å². The number of fused-ring (bicyclic) bond motifs is 2. The number of benzene rings is 1. The second-order valence-corrected chi connectivity index (χ2v) is 22.1. The van der Waals surface area contributed by atoms with E-state index in [-0.39, 0.29) is 61.4 Å². The van der Waals surface area contributed by atoms with Crippen molar-refractivity contribution in [3.8, 4) is 0 Å². The number of nitrogens with zero attached hydrogens (tertiary/aromatic N) is 6. The molecule has 1 aliphatic carbocycles. The van der Waals surface area contributed by atoms with Crippen LogP contribution in [-0.2, 0) is 54.6 Å². The Labute approximate surface area is 408 Å². The van der Waals surface area contributed by atoms with Gasteiger partial charge in [-0.15, -0.1) is 0 Å². The first kappa shape index (κ1) is 56.6. The van der Waals surface area contributed by atoms with E-state index in [2.05, 4.69) is 25.4 Å². The fraction of sp³-hybridized carbons (Fsp3) is 0.750. The molecule has 0 spiro atoms. The molecule has 1 saturated carbocycles. The molecule has 20 nitrogen and oxygen atoms in total. The third-order valence-electron chi connectivity index (χ3n) is 13.9. The molecule has 2 bridgehead atoms. The van der Waals surface area contributed by atoms with Gasteiger partial charge in [0.1, 0.15) is 23.7 Å². The lowest BCUT2D eigenvalue weighted by Crippen LogP contribution is -2.61. The summed E-state index contributed by atoms with van der Waals surface area (Å²) in [5, 5.41) is 9.09. The van der Waals surface area contributed by atoms with E-state index in [1.54, 1.807) is 79.8 Å². The van der Waals surface area contributed by atoms with E-state index in [1.165, 1.54) is 14.2 Å². The summed E-state index contributed by atoms with van der Waals surface area (Å²) in [5.74, 6) is -4.46. The van der Waals surface area contributed by atoms with Gasteiger partial charge < -0.3 is 34.6 Å². The summed E-state index contributed by atoms with van der Waals surface area (Å²) in [7, 11) is 0.466. The van der Waals surface area contributed by atoms with Gasteiger partial charge in [0.25, 0.3) is 5.91 Å². The Balaban J connectivity index is 1.49. The Morgan fingerprint density at radius 2 is 1.65 bits per heavy atom. The number of azide groups is 1. The summed E-state index contributed by atoms with van der Waals surface area (Å²) in [5.41, 5.74) is 8.45. The number of ether oxygens (including phenoxy) is 3.